The molecule has 0 saturated heterocycles. The van der Waals surface area contributed by atoms with Crippen molar-refractivity contribution in [3.63, 3.8) is 0 Å². The molecule has 0 saturated carbocycles. The van der Waals surface area contributed by atoms with Crippen LogP contribution in [0.5, 0.6) is 11.5 Å². The smallest absolute Gasteiger partial charge is 0.173 e. The Kier molecular flexibility index (Phi) is 3.69. The Morgan fingerprint density at radius 1 is 1.17 bits per heavy atom. The van der Waals surface area contributed by atoms with Crippen LogP contribution in [0.25, 0.3) is 0 Å². The molecule has 0 aliphatic carbocycles. The van der Waals surface area contributed by atoms with E-state index in [0.29, 0.717) is 22.1 Å². The second-order valence-corrected chi connectivity index (χ2v) is 3.98. The minimum atomic E-state index is -0.00683. The summed E-state index contributed by atoms with van der Waals surface area (Å²) in [6, 6.07) is 14.0. The van der Waals surface area contributed by atoms with E-state index >= 15 is 0 Å². The summed E-state index contributed by atoms with van der Waals surface area (Å²) in [6.07, 6.45) is 0. The summed E-state index contributed by atoms with van der Waals surface area (Å²) < 4.78 is 5.66. The second-order valence-electron chi connectivity index (χ2n) is 3.54. The SMILES string of the molecule is N/C(=N\O)c1ccccc1Oc1cccc(Cl)c1. The van der Waals surface area contributed by atoms with Gasteiger partial charge in [0.05, 0.1) is 5.56 Å². The minimum absolute atomic E-state index is 0.00683. The van der Waals surface area contributed by atoms with Crippen LogP contribution < -0.4 is 10.5 Å². The number of hydrogen-bond donors (Lipinski definition) is 2. The van der Waals surface area contributed by atoms with Gasteiger partial charge in [0.1, 0.15) is 11.5 Å². The highest BCUT2D eigenvalue weighted by atomic mass is 35.5. The Morgan fingerprint density at radius 3 is 2.67 bits per heavy atom. The van der Waals surface area contributed by atoms with Gasteiger partial charge in [0.25, 0.3) is 0 Å². The van der Waals surface area contributed by atoms with E-state index in [2.05, 4.69) is 5.16 Å². The topological polar surface area (TPSA) is 67.8 Å². The van der Waals surface area contributed by atoms with Crippen LogP contribution in [0, 0.1) is 0 Å². The third kappa shape index (κ3) is 2.73. The zero-order valence-corrected chi connectivity index (χ0v) is 10.1. The summed E-state index contributed by atoms with van der Waals surface area (Å²) >= 11 is 5.87. The Hall–Kier alpha value is -2.20. The maximum atomic E-state index is 8.71. The van der Waals surface area contributed by atoms with Crippen LogP contribution in [0.2, 0.25) is 5.02 Å². The lowest BCUT2D eigenvalue weighted by molar-refractivity contribution is 0.318. The summed E-state index contributed by atoms with van der Waals surface area (Å²) in [6.45, 7) is 0. The van der Waals surface area contributed by atoms with Crippen LogP contribution >= 0.6 is 11.6 Å². The molecule has 0 atom stereocenters. The molecule has 0 unspecified atom stereocenters. The zero-order chi connectivity index (χ0) is 13.0. The first-order valence-corrected chi connectivity index (χ1v) is 5.59. The molecule has 0 spiro atoms. The Balaban J connectivity index is 2.35. The quantitative estimate of drug-likeness (QED) is 0.386. The molecule has 0 aliphatic rings. The second kappa shape index (κ2) is 5.42. The largest absolute Gasteiger partial charge is 0.457 e. The summed E-state index contributed by atoms with van der Waals surface area (Å²) in [5.41, 5.74) is 6.09. The third-order valence-corrected chi connectivity index (χ3v) is 2.53. The fraction of sp³-hybridized carbons (Fsp3) is 0. The Bertz CT molecular complexity index is 585. The summed E-state index contributed by atoms with van der Waals surface area (Å²) in [4.78, 5) is 0. The molecule has 0 aromatic heterocycles. The molecular formula is C13H11ClN2O2. The standard InChI is InChI=1S/C13H11ClN2O2/c14-9-4-3-5-10(8-9)18-12-7-2-1-6-11(12)13(15)16-17/h1-8,17H,(H2,15,16). The average Bonchev–Trinajstić information content (AvgIpc) is 2.38. The first kappa shape index (κ1) is 12.3. The van der Waals surface area contributed by atoms with Crippen LogP contribution in [0.1, 0.15) is 5.56 Å². The zero-order valence-electron chi connectivity index (χ0n) is 9.38. The van der Waals surface area contributed by atoms with Crippen molar-refractivity contribution in [1.82, 2.24) is 0 Å². The number of oxime groups is 1. The van der Waals surface area contributed by atoms with E-state index < -0.39 is 0 Å². The highest BCUT2D eigenvalue weighted by Gasteiger charge is 2.08. The lowest BCUT2D eigenvalue weighted by Crippen LogP contribution is -2.14. The maximum absolute atomic E-state index is 8.71. The van der Waals surface area contributed by atoms with Gasteiger partial charge in [-0.2, -0.15) is 0 Å². The van der Waals surface area contributed by atoms with E-state index in [-0.39, 0.29) is 5.84 Å². The number of hydrogen-bond acceptors (Lipinski definition) is 3. The van der Waals surface area contributed by atoms with E-state index in [1.807, 2.05) is 0 Å². The number of rotatable bonds is 3. The summed E-state index contributed by atoms with van der Waals surface area (Å²) in [5.74, 6) is 1.07. The van der Waals surface area contributed by atoms with Crippen molar-refractivity contribution >= 4 is 17.4 Å². The molecule has 2 aromatic carbocycles. The third-order valence-electron chi connectivity index (χ3n) is 2.29. The van der Waals surface area contributed by atoms with Crippen molar-refractivity contribution in [1.29, 1.82) is 0 Å². The van der Waals surface area contributed by atoms with Crippen molar-refractivity contribution in [2.24, 2.45) is 10.9 Å². The fourth-order valence-corrected chi connectivity index (χ4v) is 1.66. The highest BCUT2D eigenvalue weighted by molar-refractivity contribution is 6.30. The number of benzene rings is 2. The molecular weight excluding hydrogens is 252 g/mol. The van der Waals surface area contributed by atoms with Gasteiger partial charge in [0, 0.05) is 5.02 Å². The monoisotopic (exact) mass is 262 g/mol. The number of nitrogens with zero attached hydrogens (tertiary/aromatic N) is 1. The van der Waals surface area contributed by atoms with Crippen molar-refractivity contribution in [3.05, 3.63) is 59.1 Å². The molecule has 3 N–H and O–H groups in total. The van der Waals surface area contributed by atoms with Crippen molar-refractivity contribution in [2.45, 2.75) is 0 Å². The first-order chi connectivity index (χ1) is 8.70. The molecule has 4 nitrogen and oxygen atoms in total. The van der Waals surface area contributed by atoms with E-state index in [0.717, 1.165) is 0 Å². The van der Waals surface area contributed by atoms with Gasteiger partial charge in [-0.15, -0.1) is 0 Å². The molecule has 92 valence electrons. The molecule has 0 fully saturated rings. The van der Waals surface area contributed by atoms with E-state index in [1.165, 1.54) is 0 Å². The highest BCUT2D eigenvalue weighted by Crippen LogP contribution is 2.26. The summed E-state index contributed by atoms with van der Waals surface area (Å²) in [7, 11) is 0. The average molecular weight is 263 g/mol. The predicted molar refractivity (Wildman–Crippen MR) is 70.5 cm³/mol. The minimum Gasteiger partial charge on any atom is -0.457 e. The van der Waals surface area contributed by atoms with Gasteiger partial charge in [-0.25, -0.2) is 0 Å². The molecule has 0 radical (unpaired) electrons. The normalized spacial score (nSPS) is 11.3. The number of ether oxygens (including phenoxy) is 1. The van der Waals surface area contributed by atoms with Gasteiger partial charge in [0.15, 0.2) is 5.84 Å². The van der Waals surface area contributed by atoms with Gasteiger partial charge in [-0.3, -0.25) is 0 Å². The van der Waals surface area contributed by atoms with Crippen LogP contribution in [0.4, 0.5) is 0 Å². The predicted octanol–water partition coefficient (Wildman–Crippen LogP) is 3.23. The lowest BCUT2D eigenvalue weighted by Gasteiger charge is -2.10. The van der Waals surface area contributed by atoms with Gasteiger partial charge in [-0.05, 0) is 30.3 Å². The van der Waals surface area contributed by atoms with Gasteiger partial charge < -0.3 is 15.7 Å². The van der Waals surface area contributed by atoms with Crippen LogP contribution in [0.15, 0.2) is 53.7 Å². The maximum Gasteiger partial charge on any atom is 0.173 e. The fourth-order valence-electron chi connectivity index (χ4n) is 1.48. The molecule has 18 heavy (non-hydrogen) atoms. The molecule has 0 heterocycles. The first-order valence-electron chi connectivity index (χ1n) is 5.21. The van der Waals surface area contributed by atoms with Gasteiger partial charge >= 0.3 is 0 Å². The van der Waals surface area contributed by atoms with Crippen LogP contribution in [-0.2, 0) is 0 Å². The Labute approximate surface area is 109 Å². The van der Waals surface area contributed by atoms with Crippen LogP contribution in [-0.4, -0.2) is 11.0 Å². The molecule has 2 aromatic rings. The number of halogens is 1. The van der Waals surface area contributed by atoms with Crippen molar-refractivity contribution in [3.8, 4) is 11.5 Å². The molecule has 0 aliphatic heterocycles. The Morgan fingerprint density at radius 2 is 1.94 bits per heavy atom. The molecule has 5 heteroatoms. The van der Waals surface area contributed by atoms with Crippen molar-refractivity contribution < 1.29 is 9.94 Å². The van der Waals surface area contributed by atoms with E-state index in [1.54, 1.807) is 48.5 Å². The molecule has 2 rings (SSSR count). The van der Waals surface area contributed by atoms with E-state index in [9.17, 15) is 0 Å². The number of para-hydroxylation sites is 1. The van der Waals surface area contributed by atoms with Gasteiger partial charge in [-0.1, -0.05) is 35.0 Å². The molecule has 0 bridgehead atoms. The lowest BCUT2D eigenvalue weighted by atomic mass is 10.2. The number of nitrogens with two attached hydrogens (primary N) is 1. The molecule has 0 amide bonds. The summed E-state index contributed by atoms with van der Waals surface area (Å²) in [5, 5.41) is 12.3. The van der Waals surface area contributed by atoms with E-state index in [4.69, 9.17) is 27.3 Å². The van der Waals surface area contributed by atoms with Gasteiger partial charge in [0.2, 0.25) is 0 Å². The number of amidine groups is 1. The van der Waals surface area contributed by atoms with Crippen LogP contribution in [0.3, 0.4) is 0 Å². The van der Waals surface area contributed by atoms with Crippen molar-refractivity contribution in [2.75, 3.05) is 0 Å².